The Labute approximate surface area is 123 Å². The quantitative estimate of drug-likeness (QED) is 0.944. The van der Waals surface area contributed by atoms with Gasteiger partial charge in [-0.2, -0.15) is 0 Å². The molecule has 0 aliphatic rings. The van der Waals surface area contributed by atoms with Gasteiger partial charge in [0.15, 0.2) is 0 Å². The molecule has 1 unspecified atom stereocenters. The monoisotopic (exact) mass is 289 g/mol. The van der Waals surface area contributed by atoms with Crippen LogP contribution in [0, 0.1) is 0 Å². The van der Waals surface area contributed by atoms with Crippen LogP contribution in [-0.2, 0) is 0 Å². The van der Waals surface area contributed by atoms with Gasteiger partial charge in [0.05, 0.1) is 11.6 Å². The normalized spacial score (nSPS) is 11.9. The number of nitrogen functional groups attached to an aromatic ring is 1. The first-order valence-corrected chi connectivity index (χ1v) is 6.61. The molecule has 0 saturated carbocycles. The highest BCUT2D eigenvalue weighted by Crippen LogP contribution is 2.27. The summed E-state index contributed by atoms with van der Waals surface area (Å²) in [4.78, 5) is 18.0. The van der Waals surface area contributed by atoms with E-state index in [2.05, 4.69) is 4.98 Å². The highest BCUT2D eigenvalue weighted by Gasteiger charge is 2.22. The Balaban J connectivity index is 2.28. The first-order valence-electron chi connectivity index (χ1n) is 6.23. The molecule has 0 saturated heterocycles. The number of anilines is 1. The number of hydrogen-bond donors (Lipinski definition) is 1. The molecule has 1 heterocycles. The lowest BCUT2D eigenvalue weighted by Crippen LogP contribution is -2.30. The Bertz CT molecular complexity index is 630. The molecule has 0 radical (unpaired) electrons. The van der Waals surface area contributed by atoms with E-state index >= 15 is 0 Å². The molecule has 0 fully saturated rings. The molecule has 104 valence electrons. The molecule has 1 aromatic carbocycles. The summed E-state index contributed by atoms with van der Waals surface area (Å²) in [5, 5.41) is 0.638. The molecular weight excluding hydrogens is 274 g/mol. The Morgan fingerprint density at radius 1 is 1.35 bits per heavy atom. The summed E-state index contributed by atoms with van der Waals surface area (Å²) in [6, 6.07) is 8.93. The number of pyridine rings is 1. The molecule has 2 aromatic rings. The fourth-order valence-corrected chi connectivity index (χ4v) is 2.27. The minimum atomic E-state index is -0.178. The van der Waals surface area contributed by atoms with Gasteiger partial charge >= 0.3 is 0 Å². The minimum Gasteiger partial charge on any atom is -0.398 e. The molecule has 2 rings (SSSR count). The predicted octanol–water partition coefficient (Wildman–Crippen LogP) is 3.15. The van der Waals surface area contributed by atoms with Crippen molar-refractivity contribution in [2.45, 2.75) is 13.0 Å². The first kappa shape index (κ1) is 14.3. The van der Waals surface area contributed by atoms with Crippen molar-refractivity contribution in [3.8, 4) is 0 Å². The summed E-state index contributed by atoms with van der Waals surface area (Å²) in [6.07, 6.45) is 3.04. The third-order valence-corrected chi connectivity index (χ3v) is 3.69. The van der Waals surface area contributed by atoms with Crippen molar-refractivity contribution >= 4 is 23.2 Å². The number of hydrogen-bond acceptors (Lipinski definition) is 3. The Morgan fingerprint density at radius 3 is 2.70 bits per heavy atom. The molecule has 4 nitrogen and oxygen atoms in total. The average molecular weight is 290 g/mol. The van der Waals surface area contributed by atoms with Crippen LogP contribution in [0.15, 0.2) is 42.7 Å². The van der Waals surface area contributed by atoms with Gasteiger partial charge in [0.2, 0.25) is 0 Å². The Morgan fingerprint density at radius 2 is 2.05 bits per heavy atom. The van der Waals surface area contributed by atoms with Gasteiger partial charge in [-0.3, -0.25) is 9.78 Å². The van der Waals surface area contributed by atoms with Gasteiger partial charge in [-0.05, 0) is 24.6 Å². The molecule has 0 spiro atoms. The number of halogens is 1. The SMILES string of the molecule is CC(c1ccccc1Cl)N(C)C(=O)c1cnccc1N. The average Bonchev–Trinajstić information content (AvgIpc) is 2.46. The van der Waals surface area contributed by atoms with Crippen LogP contribution < -0.4 is 5.73 Å². The van der Waals surface area contributed by atoms with Crippen molar-refractivity contribution in [2.24, 2.45) is 0 Å². The first-order chi connectivity index (χ1) is 9.52. The number of rotatable bonds is 3. The van der Waals surface area contributed by atoms with E-state index in [1.165, 1.54) is 6.20 Å². The molecule has 2 N–H and O–H groups in total. The maximum atomic E-state index is 12.5. The van der Waals surface area contributed by atoms with Crippen molar-refractivity contribution < 1.29 is 4.79 Å². The second-order valence-corrected chi connectivity index (χ2v) is 4.98. The van der Waals surface area contributed by atoms with Crippen molar-refractivity contribution in [1.29, 1.82) is 0 Å². The molecular formula is C15H16ClN3O. The van der Waals surface area contributed by atoms with Gasteiger partial charge in [-0.15, -0.1) is 0 Å². The third kappa shape index (κ3) is 2.75. The molecule has 1 aromatic heterocycles. The number of carbonyl (C=O) groups excluding carboxylic acids is 1. The molecule has 0 aliphatic carbocycles. The van der Waals surface area contributed by atoms with E-state index in [4.69, 9.17) is 17.3 Å². The number of aromatic nitrogens is 1. The number of benzene rings is 1. The van der Waals surface area contributed by atoms with Crippen molar-refractivity contribution in [1.82, 2.24) is 9.88 Å². The Kier molecular flexibility index (Phi) is 4.25. The molecule has 5 heteroatoms. The molecule has 0 bridgehead atoms. The van der Waals surface area contributed by atoms with Gasteiger partial charge in [-0.25, -0.2) is 0 Å². The summed E-state index contributed by atoms with van der Waals surface area (Å²) in [5.41, 5.74) is 7.53. The molecule has 1 atom stereocenters. The topological polar surface area (TPSA) is 59.2 Å². The standard InChI is InChI=1S/C15H16ClN3O/c1-10(11-5-3-4-6-13(11)16)19(2)15(20)12-9-18-8-7-14(12)17/h3-10H,1-2H3,(H2,17,18). The lowest BCUT2D eigenvalue weighted by Gasteiger charge is -2.26. The van der Waals surface area contributed by atoms with Gasteiger partial charge in [0.1, 0.15) is 0 Å². The summed E-state index contributed by atoms with van der Waals surface area (Å²) in [6.45, 7) is 1.92. The van der Waals surface area contributed by atoms with E-state index in [1.54, 1.807) is 24.2 Å². The second kappa shape index (κ2) is 5.92. The second-order valence-electron chi connectivity index (χ2n) is 4.58. The van der Waals surface area contributed by atoms with Crippen LogP contribution in [-0.4, -0.2) is 22.8 Å². The van der Waals surface area contributed by atoms with E-state index < -0.39 is 0 Å². The van der Waals surface area contributed by atoms with Crippen LogP contribution in [0.25, 0.3) is 0 Å². The summed E-state index contributed by atoms with van der Waals surface area (Å²) < 4.78 is 0. The zero-order valence-corrected chi connectivity index (χ0v) is 12.1. The molecule has 1 amide bonds. The van der Waals surface area contributed by atoms with Gasteiger partial charge in [-0.1, -0.05) is 29.8 Å². The van der Waals surface area contributed by atoms with Crippen molar-refractivity contribution in [3.05, 3.63) is 58.9 Å². The fourth-order valence-electron chi connectivity index (χ4n) is 1.97. The van der Waals surface area contributed by atoms with E-state index in [0.717, 1.165) is 5.56 Å². The lowest BCUT2D eigenvalue weighted by molar-refractivity contribution is 0.0743. The minimum absolute atomic E-state index is 0.157. The maximum absolute atomic E-state index is 12.5. The number of nitrogens with two attached hydrogens (primary N) is 1. The summed E-state index contributed by atoms with van der Waals surface area (Å²) in [7, 11) is 1.72. The van der Waals surface area contributed by atoms with Crippen LogP contribution in [0.5, 0.6) is 0 Å². The lowest BCUT2D eigenvalue weighted by atomic mass is 10.1. The van der Waals surface area contributed by atoms with Crippen LogP contribution in [0.3, 0.4) is 0 Å². The van der Waals surface area contributed by atoms with E-state index in [-0.39, 0.29) is 11.9 Å². The van der Waals surface area contributed by atoms with Crippen molar-refractivity contribution in [2.75, 3.05) is 12.8 Å². The number of amides is 1. The zero-order valence-electron chi connectivity index (χ0n) is 11.4. The van der Waals surface area contributed by atoms with Crippen LogP contribution in [0.4, 0.5) is 5.69 Å². The van der Waals surface area contributed by atoms with E-state index in [1.807, 2.05) is 31.2 Å². The summed E-state index contributed by atoms with van der Waals surface area (Å²) in [5.74, 6) is -0.178. The van der Waals surface area contributed by atoms with E-state index in [9.17, 15) is 4.79 Å². The zero-order chi connectivity index (χ0) is 14.7. The highest BCUT2D eigenvalue weighted by atomic mass is 35.5. The maximum Gasteiger partial charge on any atom is 0.257 e. The number of carbonyl (C=O) groups is 1. The summed E-state index contributed by atoms with van der Waals surface area (Å²) >= 11 is 6.17. The fraction of sp³-hybridized carbons (Fsp3) is 0.200. The number of nitrogens with zero attached hydrogens (tertiary/aromatic N) is 2. The van der Waals surface area contributed by atoms with Gasteiger partial charge in [0, 0.05) is 30.2 Å². The van der Waals surface area contributed by atoms with Crippen LogP contribution in [0.2, 0.25) is 5.02 Å². The Hall–Kier alpha value is -2.07. The highest BCUT2D eigenvalue weighted by molar-refractivity contribution is 6.31. The third-order valence-electron chi connectivity index (χ3n) is 3.34. The van der Waals surface area contributed by atoms with Gasteiger partial charge in [0.25, 0.3) is 5.91 Å². The predicted molar refractivity (Wildman–Crippen MR) is 80.6 cm³/mol. The van der Waals surface area contributed by atoms with Crippen LogP contribution >= 0.6 is 11.6 Å². The molecule has 0 aliphatic heterocycles. The largest absolute Gasteiger partial charge is 0.398 e. The van der Waals surface area contributed by atoms with Crippen molar-refractivity contribution in [3.63, 3.8) is 0 Å². The smallest absolute Gasteiger partial charge is 0.257 e. The molecule has 20 heavy (non-hydrogen) atoms. The van der Waals surface area contributed by atoms with Gasteiger partial charge < -0.3 is 10.6 Å². The van der Waals surface area contributed by atoms with E-state index in [0.29, 0.717) is 16.3 Å². The van der Waals surface area contributed by atoms with Crippen LogP contribution in [0.1, 0.15) is 28.9 Å².